The van der Waals surface area contributed by atoms with Crippen molar-refractivity contribution >= 4 is 29.4 Å². The van der Waals surface area contributed by atoms with Crippen LogP contribution in [0.1, 0.15) is 52.5 Å². The molecule has 0 saturated carbocycles. The average Bonchev–Trinajstić information content (AvgIpc) is 2.46. The van der Waals surface area contributed by atoms with Crippen molar-refractivity contribution < 1.29 is 14.3 Å². The molecular formula is C19H23ClO3. The summed E-state index contributed by atoms with van der Waals surface area (Å²) in [5.74, 6) is -0.237. The second-order valence-electron chi connectivity index (χ2n) is 7.37. The number of esters is 1. The lowest BCUT2D eigenvalue weighted by Gasteiger charge is -2.35. The summed E-state index contributed by atoms with van der Waals surface area (Å²) in [7, 11) is 0. The van der Waals surface area contributed by atoms with Gasteiger partial charge in [0.2, 0.25) is 0 Å². The Hall–Kier alpha value is -1.61. The highest BCUT2D eigenvalue weighted by Crippen LogP contribution is 2.43. The van der Waals surface area contributed by atoms with E-state index in [9.17, 15) is 9.59 Å². The minimum absolute atomic E-state index is 0.237. The number of allylic oxidation sites excluding steroid dienone is 2. The molecule has 4 heteroatoms. The largest absolute Gasteiger partial charge is 0.460 e. The molecule has 1 aliphatic carbocycles. The molecule has 0 heterocycles. The van der Waals surface area contributed by atoms with Gasteiger partial charge in [0.1, 0.15) is 11.9 Å². The standard InChI is InChI=1S/C19H23ClO3/c1-18(2,3)23-17(22)19(4)10-9-16(14(11-19)12-21)13-5-7-15(20)8-6-13/h5-8,12H,9-11H2,1-4H3/t19-/m0/s1. The fourth-order valence-corrected chi connectivity index (χ4v) is 2.97. The van der Waals surface area contributed by atoms with Gasteiger partial charge in [0.25, 0.3) is 0 Å². The van der Waals surface area contributed by atoms with E-state index in [0.29, 0.717) is 29.9 Å². The molecule has 0 saturated heterocycles. The molecule has 0 fully saturated rings. The first kappa shape index (κ1) is 17.7. The third-order valence-corrected chi connectivity index (χ3v) is 4.37. The van der Waals surface area contributed by atoms with Crippen molar-refractivity contribution in [1.29, 1.82) is 0 Å². The van der Waals surface area contributed by atoms with Crippen LogP contribution in [-0.4, -0.2) is 17.9 Å². The third kappa shape index (κ3) is 4.23. The molecule has 0 radical (unpaired) electrons. The zero-order valence-electron chi connectivity index (χ0n) is 14.1. The zero-order valence-corrected chi connectivity index (χ0v) is 14.9. The molecule has 0 unspecified atom stereocenters. The van der Waals surface area contributed by atoms with Gasteiger partial charge in [-0.15, -0.1) is 0 Å². The number of halogens is 1. The number of hydrogen-bond acceptors (Lipinski definition) is 3. The molecule has 124 valence electrons. The van der Waals surface area contributed by atoms with E-state index in [1.54, 1.807) is 0 Å². The predicted octanol–water partition coefficient (Wildman–Crippen LogP) is 4.82. The van der Waals surface area contributed by atoms with Crippen molar-refractivity contribution in [2.75, 3.05) is 0 Å². The molecule has 1 aliphatic rings. The summed E-state index contributed by atoms with van der Waals surface area (Å²) in [5, 5.41) is 0.663. The quantitative estimate of drug-likeness (QED) is 0.587. The van der Waals surface area contributed by atoms with Crippen LogP contribution in [0, 0.1) is 5.41 Å². The number of rotatable bonds is 3. The lowest BCUT2D eigenvalue weighted by Crippen LogP contribution is -2.37. The summed E-state index contributed by atoms with van der Waals surface area (Å²) in [6, 6.07) is 7.45. The van der Waals surface area contributed by atoms with Crippen molar-refractivity contribution in [3.8, 4) is 0 Å². The number of hydrogen-bond donors (Lipinski definition) is 0. The van der Waals surface area contributed by atoms with E-state index in [2.05, 4.69) is 0 Å². The zero-order chi connectivity index (χ0) is 17.3. The maximum absolute atomic E-state index is 12.5. The highest BCUT2D eigenvalue weighted by atomic mass is 35.5. The van der Waals surface area contributed by atoms with Gasteiger partial charge in [-0.2, -0.15) is 0 Å². The molecular weight excluding hydrogens is 312 g/mol. The molecule has 0 aromatic heterocycles. The highest BCUT2D eigenvalue weighted by molar-refractivity contribution is 6.30. The number of ether oxygens (including phenoxy) is 1. The summed E-state index contributed by atoms with van der Waals surface area (Å²) in [6.45, 7) is 7.44. The number of carbonyl (C=O) groups is 2. The van der Waals surface area contributed by atoms with Gasteiger partial charge in [0.05, 0.1) is 5.41 Å². The van der Waals surface area contributed by atoms with E-state index in [0.717, 1.165) is 17.4 Å². The Kier molecular flexibility index (Phi) is 5.00. The summed E-state index contributed by atoms with van der Waals surface area (Å²) in [6.07, 6.45) is 2.61. The van der Waals surface area contributed by atoms with Gasteiger partial charge in [-0.1, -0.05) is 23.7 Å². The molecule has 0 amide bonds. The summed E-state index contributed by atoms with van der Waals surface area (Å²) >= 11 is 5.92. The SMILES string of the molecule is CC(C)(C)OC(=O)[C@@]1(C)CCC(c2ccc(Cl)cc2)=C(C=O)C1. The number of aldehydes is 1. The predicted molar refractivity (Wildman–Crippen MR) is 92.2 cm³/mol. The minimum Gasteiger partial charge on any atom is -0.460 e. The van der Waals surface area contributed by atoms with Crippen LogP contribution in [0.25, 0.3) is 5.57 Å². The van der Waals surface area contributed by atoms with E-state index in [4.69, 9.17) is 16.3 Å². The molecule has 1 aromatic carbocycles. The molecule has 0 spiro atoms. The molecule has 23 heavy (non-hydrogen) atoms. The van der Waals surface area contributed by atoms with Gasteiger partial charge in [-0.05, 0) is 75.8 Å². The molecule has 0 N–H and O–H groups in total. The van der Waals surface area contributed by atoms with Crippen LogP contribution in [-0.2, 0) is 14.3 Å². The smallest absolute Gasteiger partial charge is 0.312 e. The van der Waals surface area contributed by atoms with E-state index in [1.165, 1.54) is 0 Å². The molecule has 0 bridgehead atoms. The first-order valence-corrected chi connectivity index (χ1v) is 8.19. The Morgan fingerprint density at radius 3 is 2.39 bits per heavy atom. The van der Waals surface area contributed by atoms with Gasteiger partial charge in [0.15, 0.2) is 0 Å². The first-order valence-electron chi connectivity index (χ1n) is 7.81. The van der Waals surface area contributed by atoms with Gasteiger partial charge < -0.3 is 4.74 Å². The summed E-state index contributed by atoms with van der Waals surface area (Å²) < 4.78 is 5.53. The fourth-order valence-electron chi connectivity index (χ4n) is 2.85. The minimum atomic E-state index is -0.653. The van der Waals surface area contributed by atoms with Crippen molar-refractivity contribution in [2.24, 2.45) is 5.41 Å². The van der Waals surface area contributed by atoms with Crippen molar-refractivity contribution in [3.05, 3.63) is 40.4 Å². The van der Waals surface area contributed by atoms with Crippen LogP contribution in [0.2, 0.25) is 5.02 Å². The third-order valence-electron chi connectivity index (χ3n) is 4.12. The molecule has 3 nitrogen and oxygen atoms in total. The Morgan fingerprint density at radius 1 is 1.26 bits per heavy atom. The topological polar surface area (TPSA) is 43.4 Å². The van der Waals surface area contributed by atoms with Gasteiger partial charge in [-0.25, -0.2) is 0 Å². The van der Waals surface area contributed by atoms with Gasteiger partial charge in [0, 0.05) is 5.02 Å². The first-order chi connectivity index (χ1) is 10.6. The highest BCUT2D eigenvalue weighted by Gasteiger charge is 2.40. The second-order valence-corrected chi connectivity index (χ2v) is 7.80. The van der Waals surface area contributed by atoms with Crippen LogP contribution < -0.4 is 0 Å². The van der Waals surface area contributed by atoms with Crippen LogP contribution in [0.4, 0.5) is 0 Å². The Balaban J connectivity index is 2.29. The average molecular weight is 335 g/mol. The van der Waals surface area contributed by atoms with Crippen LogP contribution in [0.3, 0.4) is 0 Å². The molecule has 1 atom stereocenters. The molecule has 1 aromatic rings. The van der Waals surface area contributed by atoms with Gasteiger partial charge in [-0.3, -0.25) is 9.59 Å². The van der Waals surface area contributed by atoms with E-state index in [-0.39, 0.29) is 5.97 Å². The Morgan fingerprint density at radius 2 is 1.87 bits per heavy atom. The monoisotopic (exact) mass is 334 g/mol. The van der Waals surface area contributed by atoms with Crippen LogP contribution in [0.5, 0.6) is 0 Å². The van der Waals surface area contributed by atoms with E-state index < -0.39 is 11.0 Å². The maximum atomic E-state index is 12.5. The van der Waals surface area contributed by atoms with Crippen molar-refractivity contribution in [2.45, 2.75) is 52.6 Å². The Bertz CT molecular complexity index is 638. The normalized spacial score (nSPS) is 22.0. The van der Waals surface area contributed by atoms with Crippen molar-refractivity contribution in [3.63, 3.8) is 0 Å². The Labute approximate surface area is 142 Å². The summed E-state index contributed by atoms with van der Waals surface area (Å²) in [5.41, 5.74) is 1.48. The van der Waals surface area contributed by atoms with Crippen molar-refractivity contribution in [1.82, 2.24) is 0 Å². The molecule has 0 aliphatic heterocycles. The maximum Gasteiger partial charge on any atom is 0.312 e. The van der Waals surface area contributed by atoms with E-state index >= 15 is 0 Å². The van der Waals surface area contributed by atoms with Crippen LogP contribution >= 0.6 is 11.6 Å². The molecule has 2 rings (SSSR count). The van der Waals surface area contributed by atoms with Gasteiger partial charge >= 0.3 is 5.97 Å². The number of carbonyl (C=O) groups excluding carboxylic acids is 2. The fraction of sp³-hybridized carbons (Fsp3) is 0.474. The lowest BCUT2D eigenvalue weighted by atomic mass is 9.72. The lowest BCUT2D eigenvalue weighted by molar-refractivity contribution is -0.167. The number of benzene rings is 1. The van der Waals surface area contributed by atoms with Crippen LogP contribution in [0.15, 0.2) is 29.8 Å². The van der Waals surface area contributed by atoms with E-state index in [1.807, 2.05) is 52.0 Å². The second kappa shape index (κ2) is 6.48. The summed E-state index contributed by atoms with van der Waals surface area (Å²) in [4.78, 5) is 24.1.